The number of piperidine rings is 1. The Morgan fingerprint density at radius 1 is 1.04 bits per heavy atom. The number of hydrogen-bond donors (Lipinski definition) is 1. The van der Waals surface area contributed by atoms with Crippen LogP contribution in [0.15, 0.2) is 47.0 Å². The molecule has 142 valence electrons. The number of rotatable bonds is 7. The van der Waals surface area contributed by atoms with Crippen LogP contribution in [-0.4, -0.2) is 49.7 Å². The first-order chi connectivity index (χ1) is 13.3. The molecule has 4 rings (SSSR count). The molecule has 1 N–H and O–H groups in total. The summed E-state index contributed by atoms with van der Waals surface area (Å²) in [4.78, 5) is 2.36. The number of likely N-dealkylation sites (tertiary alicyclic amines) is 1. The number of aromatic nitrogens is 4. The van der Waals surface area contributed by atoms with Gasteiger partial charge in [0.25, 0.3) is 0 Å². The molecule has 1 aliphatic rings. The van der Waals surface area contributed by atoms with Crippen LogP contribution in [0.4, 0.5) is 0 Å². The van der Waals surface area contributed by atoms with Crippen molar-refractivity contribution in [2.45, 2.75) is 38.3 Å². The van der Waals surface area contributed by atoms with Crippen molar-refractivity contribution in [2.75, 3.05) is 19.7 Å². The van der Waals surface area contributed by atoms with Gasteiger partial charge in [-0.3, -0.25) is 9.58 Å². The van der Waals surface area contributed by atoms with E-state index >= 15 is 0 Å². The van der Waals surface area contributed by atoms with Crippen molar-refractivity contribution >= 4 is 0 Å². The van der Waals surface area contributed by atoms with Gasteiger partial charge in [-0.1, -0.05) is 30.3 Å². The van der Waals surface area contributed by atoms with E-state index in [2.05, 4.69) is 38.4 Å². The van der Waals surface area contributed by atoms with Crippen LogP contribution in [0.3, 0.4) is 0 Å². The molecule has 0 radical (unpaired) electrons. The predicted octanol–water partition coefficient (Wildman–Crippen LogP) is 2.23. The summed E-state index contributed by atoms with van der Waals surface area (Å²) in [6.45, 7) is 3.37. The summed E-state index contributed by atoms with van der Waals surface area (Å²) in [6.07, 6.45) is 4.64. The Labute approximate surface area is 158 Å². The maximum atomic E-state index is 9.17. The van der Waals surface area contributed by atoms with E-state index in [9.17, 15) is 0 Å². The maximum Gasteiger partial charge on any atom is 0.230 e. The summed E-state index contributed by atoms with van der Waals surface area (Å²) in [5.74, 6) is 1.84. The summed E-state index contributed by atoms with van der Waals surface area (Å²) < 4.78 is 7.76. The van der Waals surface area contributed by atoms with Crippen molar-refractivity contribution in [3.8, 4) is 0 Å². The van der Waals surface area contributed by atoms with E-state index in [0.717, 1.165) is 25.9 Å². The zero-order chi connectivity index (χ0) is 18.5. The van der Waals surface area contributed by atoms with E-state index in [1.54, 1.807) is 0 Å². The molecule has 0 unspecified atom stereocenters. The smallest absolute Gasteiger partial charge is 0.230 e. The highest BCUT2D eigenvalue weighted by atomic mass is 16.4. The SMILES string of the molecule is OCCn1nccc1C1CCN(Cc2nnc(Cc3ccccc3)o2)CC1. The largest absolute Gasteiger partial charge is 0.424 e. The highest BCUT2D eigenvalue weighted by Gasteiger charge is 2.24. The number of benzene rings is 1. The minimum absolute atomic E-state index is 0.121. The van der Waals surface area contributed by atoms with E-state index in [1.807, 2.05) is 29.1 Å². The molecule has 1 saturated heterocycles. The molecule has 0 saturated carbocycles. The highest BCUT2D eigenvalue weighted by molar-refractivity contribution is 5.17. The van der Waals surface area contributed by atoms with Crippen molar-refractivity contribution in [3.63, 3.8) is 0 Å². The second kappa shape index (κ2) is 8.45. The second-order valence-corrected chi connectivity index (χ2v) is 7.01. The molecule has 1 aromatic carbocycles. The fourth-order valence-corrected chi connectivity index (χ4v) is 3.74. The van der Waals surface area contributed by atoms with Gasteiger partial charge in [-0.05, 0) is 37.6 Å². The minimum Gasteiger partial charge on any atom is -0.424 e. The lowest BCUT2D eigenvalue weighted by Gasteiger charge is -2.31. The van der Waals surface area contributed by atoms with Gasteiger partial charge in [-0.15, -0.1) is 10.2 Å². The topological polar surface area (TPSA) is 80.2 Å². The Morgan fingerprint density at radius 3 is 2.59 bits per heavy atom. The number of hydrogen-bond acceptors (Lipinski definition) is 6. The van der Waals surface area contributed by atoms with Crippen LogP contribution in [0, 0.1) is 0 Å². The summed E-state index contributed by atoms with van der Waals surface area (Å²) in [7, 11) is 0. The maximum absolute atomic E-state index is 9.17. The monoisotopic (exact) mass is 367 g/mol. The van der Waals surface area contributed by atoms with Crippen molar-refractivity contribution in [3.05, 3.63) is 65.6 Å². The Kier molecular flexibility index (Phi) is 5.60. The third-order valence-corrected chi connectivity index (χ3v) is 5.13. The van der Waals surface area contributed by atoms with Crippen LogP contribution in [0.5, 0.6) is 0 Å². The lowest BCUT2D eigenvalue weighted by atomic mass is 9.93. The molecule has 7 heteroatoms. The fourth-order valence-electron chi connectivity index (χ4n) is 3.74. The zero-order valence-electron chi connectivity index (χ0n) is 15.4. The molecule has 27 heavy (non-hydrogen) atoms. The third kappa shape index (κ3) is 4.43. The third-order valence-electron chi connectivity index (χ3n) is 5.13. The summed E-state index contributed by atoms with van der Waals surface area (Å²) in [6, 6.07) is 12.2. The molecule has 0 aliphatic carbocycles. The lowest BCUT2D eigenvalue weighted by Crippen LogP contribution is -2.33. The molecule has 0 spiro atoms. The van der Waals surface area contributed by atoms with Crippen molar-refractivity contribution < 1.29 is 9.52 Å². The van der Waals surface area contributed by atoms with Crippen molar-refractivity contribution in [2.24, 2.45) is 0 Å². The Morgan fingerprint density at radius 2 is 1.81 bits per heavy atom. The molecular weight excluding hydrogens is 342 g/mol. The summed E-state index contributed by atoms with van der Waals surface area (Å²) in [5.41, 5.74) is 2.40. The molecule has 3 heterocycles. The van der Waals surface area contributed by atoms with Gasteiger partial charge in [0.1, 0.15) is 0 Å². The normalized spacial score (nSPS) is 16.0. The van der Waals surface area contributed by atoms with Crippen LogP contribution in [-0.2, 0) is 19.5 Å². The van der Waals surface area contributed by atoms with Crippen LogP contribution in [0.1, 0.15) is 41.8 Å². The Balaban J connectivity index is 1.30. The van der Waals surface area contributed by atoms with Gasteiger partial charge in [0.05, 0.1) is 26.1 Å². The number of aliphatic hydroxyl groups is 1. The molecule has 7 nitrogen and oxygen atoms in total. The predicted molar refractivity (Wildman–Crippen MR) is 100 cm³/mol. The van der Waals surface area contributed by atoms with Gasteiger partial charge in [0.2, 0.25) is 11.8 Å². The first-order valence-electron chi connectivity index (χ1n) is 9.52. The molecule has 1 aliphatic heterocycles. The standard InChI is InChI=1S/C20H25N5O2/c26-13-12-25-18(6-9-21-25)17-7-10-24(11-8-17)15-20-23-22-19(27-20)14-16-4-2-1-3-5-16/h1-6,9,17,26H,7-8,10-15H2. The summed E-state index contributed by atoms with van der Waals surface area (Å²) >= 11 is 0. The van der Waals surface area contributed by atoms with E-state index < -0.39 is 0 Å². The van der Waals surface area contributed by atoms with Crippen molar-refractivity contribution in [1.29, 1.82) is 0 Å². The average molecular weight is 367 g/mol. The Bertz CT molecular complexity index is 837. The number of aliphatic hydroxyl groups excluding tert-OH is 1. The van der Waals surface area contributed by atoms with E-state index in [1.165, 1.54) is 11.3 Å². The molecule has 1 fully saturated rings. The fraction of sp³-hybridized carbons (Fsp3) is 0.450. The zero-order valence-corrected chi connectivity index (χ0v) is 15.4. The van der Waals surface area contributed by atoms with Crippen LogP contribution in [0.25, 0.3) is 0 Å². The van der Waals surface area contributed by atoms with Crippen molar-refractivity contribution in [1.82, 2.24) is 24.9 Å². The van der Waals surface area contributed by atoms with E-state index in [4.69, 9.17) is 9.52 Å². The van der Waals surface area contributed by atoms with Crippen LogP contribution in [0.2, 0.25) is 0 Å². The van der Waals surface area contributed by atoms with Gasteiger partial charge in [-0.2, -0.15) is 5.10 Å². The molecule has 0 bridgehead atoms. The summed E-state index contributed by atoms with van der Waals surface area (Å²) in [5, 5.41) is 21.9. The molecule has 3 aromatic rings. The first-order valence-corrected chi connectivity index (χ1v) is 9.52. The van der Waals surface area contributed by atoms with Gasteiger partial charge in [0.15, 0.2) is 0 Å². The molecule has 0 atom stereocenters. The lowest BCUT2D eigenvalue weighted by molar-refractivity contribution is 0.182. The van der Waals surface area contributed by atoms with Crippen LogP contribution >= 0.6 is 0 Å². The van der Waals surface area contributed by atoms with Gasteiger partial charge in [0, 0.05) is 17.8 Å². The molecule has 2 aromatic heterocycles. The average Bonchev–Trinajstić information content (AvgIpc) is 3.33. The van der Waals surface area contributed by atoms with Gasteiger partial charge in [-0.25, -0.2) is 0 Å². The molecular formula is C20H25N5O2. The van der Waals surface area contributed by atoms with E-state index in [-0.39, 0.29) is 6.61 Å². The minimum atomic E-state index is 0.121. The molecule has 0 amide bonds. The second-order valence-electron chi connectivity index (χ2n) is 7.01. The quantitative estimate of drug-likeness (QED) is 0.690. The van der Waals surface area contributed by atoms with Gasteiger partial charge < -0.3 is 9.52 Å². The highest BCUT2D eigenvalue weighted by Crippen LogP contribution is 2.28. The van der Waals surface area contributed by atoms with E-state index in [0.29, 0.717) is 37.2 Å². The Hall–Kier alpha value is -2.51. The van der Waals surface area contributed by atoms with Crippen LogP contribution < -0.4 is 0 Å². The number of nitrogens with zero attached hydrogens (tertiary/aromatic N) is 5. The van der Waals surface area contributed by atoms with Gasteiger partial charge >= 0.3 is 0 Å². The first kappa shape index (κ1) is 17.9.